The molecule has 1 aromatic heterocycles. The third-order valence-corrected chi connectivity index (χ3v) is 6.23. The second-order valence-corrected chi connectivity index (χ2v) is 9.89. The molecule has 2 atom stereocenters. The molecule has 1 saturated heterocycles. The van der Waals surface area contributed by atoms with E-state index in [1.165, 1.54) is 4.68 Å². The number of ether oxygens (including phenoxy) is 1. The first-order valence-corrected chi connectivity index (χ1v) is 10.6. The Kier molecular flexibility index (Phi) is 5.41. The van der Waals surface area contributed by atoms with E-state index in [0.717, 1.165) is 31.4 Å². The van der Waals surface area contributed by atoms with Crippen LogP contribution in [0.4, 0.5) is 0 Å². The van der Waals surface area contributed by atoms with Gasteiger partial charge in [-0.2, -0.15) is 4.68 Å². The zero-order chi connectivity index (χ0) is 22.2. The van der Waals surface area contributed by atoms with Gasteiger partial charge >= 0.3 is 5.97 Å². The van der Waals surface area contributed by atoms with Crippen molar-refractivity contribution < 1.29 is 14.3 Å². The van der Waals surface area contributed by atoms with Crippen molar-refractivity contribution in [3.8, 4) is 0 Å². The Bertz CT molecular complexity index is 1010. The average Bonchev–Trinajstić information content (AvgIpc) is 3.23. The number of hydrogen-bond donors (Lipinski definition) is 0. The average molecular weight is 424 g/mol. The van der Waals surface area contributed by atoms with Gasteiger partial charge in [-0.05, 0) is 59.1 Å². The molecule has 1 aromatic carbocycles. The predicted molar refractivity (Wildman–Crippen MR) is 115 cm³/mol. The molecule has 2 fully saturated rings. The molecule has 2 heterocycles. The summed E-state index contributed by atoms with van der Waals surface area (Å²) in [6.45, 7) is 8.90. The first kappa shape index (κ1) is 21.2. The van der Waals surface area contributed by atoms with Crippen LogP contribution in [-0.2, 0) is 14.3 Å². The highest BCUT2D eigenvalue weighted by Crippen LogP contribution is 2.52. The molecule has 4 rings (SSSR count). The van der Waals surface area contributed by atoms with Crippen molar-refractivity contribution in [2.24, 2.45) is 10.8 Å². The molecule has 31 heavy (non-hydrogen) atoms. The Morgan fingerprint density at radius 1 is 1.19 bits per heavy atom. The number of nitrogens with zero attached hydrogens (tertiary/aromatic N) is 5. The van der Waals surface area contributed by atoms with Crippen molar-refractivity contribution in [2.75, 3.05) is 13.2 Å². The van der Waals surface area contributed by atoms with Gasteiger partial charge in [0, 0.05) is 12.6 Å². The number of aromatic nitrogens is 4. The van der Waals surface area contributed by atoms with E-state index >= 15 is 0 Å². The number of hydrogen-bond acceptors (Lipinski definition) is 6. The first-order chi connectivity index (χ1) is 14.7. The van der Waals surface area contributed by atoms with Crippen LogP contribution in [0.25, 0.3) is 11.8 Å². The van der Waals surface area contributed by atoms with Gasteiger partial charge in [0.25, 0.3) is 5.91 Å². The molecule has 1 amide bonds. The largest absolute Gasteiger partial charge is 0.451 e. The van der Waals surface area contributed by atoms with Gasteiger partial charge in [0.15, 0.2) is 18.1 Å². The molecule has 1 saturated carbocycles. The highest BCUT2D eigenvalue weighted by Gasteiger charge is 2.50. The maximum atomic E-state index is 13.0. The van der Waals surface area contributed by atoms with Crippen molar-refractivity contribution in [3.05, 3.63) is 41.7 Å². The Morgan fingerprint density at radius 3 is 2.61 bits per heavy atom. The van der Waals surface area contributed by atoms with Crippen molar-refractivity contribution in [3.63, 3.8) is 0 Å². The molecule has 0 radical (unpaired) electrons. The van der Waals surface area contributed by atoms with Crippen molar-refractivity contribution in [1.82, 2.24) is 25.1 Å². The molecule has 1 aliphatic carbocycles. The second-order valence-electron chi connectivity index (χ2n) is 9.89. The monoisotopic (exact) mass is 423 g/mol. The van der Waals surface area contributed by atoms with Crippen LogP contribution in [0.5, 0.6) is 0 Å². The van der Waals surface area contributed by atoms with Gasteiger partial charge < -0.3 is 9.64 Å². The van der Waals surface area contributed by atoms with Crippen LogP contribution in [-0.4, -0.2) is 56.2 Å². The molecule has 2 unspecified atom stereocenters. The van der Waals surface area contributed by atoms with Gasteiger partial charge in [0.2, 0.25) is 0 Å². The summed E-state index contributed by atoms with van der Waals surface area (Å²) in [6.07, 6.45) is 4.75. The molecule has 0 spiro atoms. The Labute approximate surface area is 182 Å². The number of aryl methyl sites for hydroxylation is 1. The second kappa shape index (κ2) is 7.90. The predicted octanol–water partition coefficient (Wildman–Crippen LogP) is 2.95. The molecule has 1 aliphatic heterocycles. The molecule has 2 aliphatic rings. The molecular weight excluding hydrogens is 394 g/mol. The Morgan fingerprint density at radius 2 is 1.94 bits per heavy atom. The SMILES string of the molecule is Cc1nnnn1/C(=C/c1ccccc1)C(=O)OCC(=O)N1CC2(C)CC1CC(C)(C)C2. The van der Waals surface area contributed by atoms with Crippen LogP contribution in [0.2, 0.25) is 0 Å². The lowest BCUT2D eigenvalue weighted by Gasteiger charge is -2.39. The summed E-state index contributed by atoms with van der Waals surface area (Å²) in [7, 11) is 0. The van der Waals surface area contributed by atoms with Crippen LogP contribution in [0.3, 0.4) is 0 Å². The molecule has 8 nitrogen and oxygen atoms in total. The molecule has 2 aromatic rings. The van der Waals surface area contributed by atoms with Gasteiger partial charge in [-0.25, -0.2) is 4.79 Å². The number of carbonyl (C=O) groups excluding carboxylic acids is 2. The van der Waals surface area contributed by atoms with Crippen LogP contribution in [0, 0.1) is 17.8 Å². The lowest BCUT2D eigenvalue weighted by Crippen LogP contribution is -2.40. The number of carbonyl (C=O) groups is 2. The Hall–Kier alpha value is -3.03. The van der Waals surface area contributed by atoms with Crippen LogP contribution in [0.15, 0.2) is 30.3 Å². The third kappa shape index (κ3) is 4.52. The van der Waals surface area contributed by atoms with E-state index in [0.29, 0.717) is 5.82 Å². The van der Waals surface area contributed by atoms with Gasteiger partial charge in [0.05, 0.1) is 0 Å². The van der Waals surface area contributed by atoms with Gasteiger partial charge in [0.1, 0.15) is 0 Å². The summed E-state index contributed by atoms with van der Waals surface area (Å²) in [5.41, 5.74) is 1.31. The number of esters is 1. The standard InChI is InChI=1S/C23H29N5O3/c1-16-24-25-26-28(16)19(10-17-8-6-5-7-9-17)21(30)31-13-20(29)27-15-23(4)12-18(27)11-22(2,3)14-23/h5-10,18H,11-15H2,1-4H3/b19-10+. The third-order valence-electron chi connectivity index (χ3n) is 6.23. The normalized spacial score (nSPS) is 24.8. The quantitative estimate of drug-likeness (QED) is 0.543. The van der Waals surface area contributed by atoms with Crippen LogP contribution < -0.4 is 0 Å². The lowest BCUT2D eigenvalue weighted by molar-refractivity contribution is -0.148. The fourth-order valence-electron chi connectivity index (χ4n) is 5.40. The van der Waals surface area contributed by atoms with Gasteiger partial charge in [-0.1, -0.05) is 51.1 Å². The fraction of sp³-hybridized carbons (Fsp3) is 0.522. The van der Waals surface area contributed by atoms with E-state index < -0.39 is 5.97 Å². The highest BCUT2D eigenvalue weighted by molar-refractivity contribution is 6.15. The minimum absolute atomic E-state index is 0.133. The van der Waals surface area contributed by atoms with Crippen LogP contribution in [0.1, 0.15) is 51.4 Å². The fourth-order valence-corrected chi connectivity index (χ4v) is 5.40. The highest BCUT2D eigenvalue weighted by atomic mass is 16.5. The summed E-state index contributed by atoms with van der Waals surface area (Å²) in [4.78, 5) is 27.8. The number of fused-ring (bicyclic) bond motifs is 2. The first-order valence-electron chi connectivity index (χ1n) is 10.6. The van der Waals surface area contributed by atoms with E-state index in [4.69, 9.17) is 4.74 Å². The number of amides is 1. The maximum Gasteiger partial charge on any atom is 0.357 e. The van der Waals surface area contributed by atoms with E-state index in [2.05, 4.69) is 36.3 Å². The van der Waals surface area contributed by atoms with Crippen LogP contribution >= 0.6 is 0 Å². The van der Waals surface area contributed by atoms with Gasteiger partial charge in [-0.15, -0.1) is 5.10 Å². The molecule has 8 heteroatoms. The molecule has 2 bridgehead atoms. The number of tetrazole rings is 1. The Balaban J connectivity index is 1.48. The van der Waals surface area contributed by atoms with E-state index in [9.17, 15) is 9.59 Å². The lowest BCUT2D eigenvalue weighted by atomic mass is 9.65. The topological polar surface area (TPSA) is 90.2 Å². The maximum absolute atomic E-state index is 13.0. The molecule has 0 N–H and O–H groups in total. The summed E-state index contributed by atoms with van der Waals surface area (Å²) >= 11 is 0. The summed E-state index contributed by atoms with van der Waals surface area (Å²) < 4.78 is 6.77. The van der Waals surface area contributed by atoms with E-state index in [1.54, 1.807) is 13.0 Å². The van der Waals surface area contributed by atoms with E-state index in [1.807, 2.05) is 35.2 Å². The zero-order valence-electron chi connectivity index (χ0n) is 18.5. The zero-order valence-corrected chi connectivity index (χ0v) is 18.5. The number of rotatable bonds is 5. The minimum atomic E-state index is -0.638. The van der Waals surface area contributed by atoms with Crippen molar-refractivity contribution in [1.29, 1.82) is 0 Å². The minimum Gasteiger partial charge on any atom is -0.451 e. The number of likely N-dealkylation sites (tertiary alicyclic amines) is 1. The summed E-state index contributed by atoms with van der Waals surface area (Å²) in [5, 5.41) is 11.4. The van der Waals surface area contributed by atoms with Crippen molar-refractivity contribution >= 4 is 23.6 Å². The summed E-state index contributed by atoms with van der Waals surface area (Å²) in [6, 6.07) is 9.58. The smallest absolute Gasteiger partial charge is 0.357 e. The van der Waals surface area contributed by atoms with Crippen molar-refractivity contribution in [2.45, 2.75) is 53.0 Å². The molecular formula is C23H29N5O3. The number of benzene rings is 1. The summed E-state index contributed by atoms with van der Waals surface area (Å²) in [5.74, 6) is -0.331. The molecule has 164 valence electrons. The van der Waals surface area contributed by atoms with Gasteiger partial charge in [-0.3, -0.25) is 4.79 Å². The van der Waals surface area contributed by atoms with E-state index in [-0.39, 0.29) is 35.1 Å².